The van der Waals surface area contributed by atoms with E-state index in [-0.39, 0.29) is 13.0 Å². The van der Waals surface area contributed by atoms with Gasteiger partial charge in [-0.05, 0) is 56.4 Å². The summed E-state index contributed by atoms with van der Waals surface area (Å²) in [5, 5.41) is 30.4. The Morgan fingerprint density at radius 3 is 2.61 bits per heavy atom. The highest BCUT2D eigenvalue weighted by Gasteiger charge is 2.56. The van der Waals surface area contributed by atoms with Gasteiger partial charge in [-0.1, -0.05) is 18.1 Å². The SMILES string of the molecule is CCC1=C([C@H](O)CC/C(C)=C/c2ccc(CO)o2)[C@H](CO)[C@@H]2C(=O)N(C(=O)OC)C(=O)[C@@H]2C1. The average molecular weight is 462 g/mol. The number of carbonyl (C=O) groups excluding carboxylic acids is 3. The number of methoxy groups -OCH3 is 1. The lowest BCUT2D eigenvalue weighted by Gasteiger charge is -2.36. The molecule has 3 N–H and O–H groups in total. The molecule has 0 radical (unpaired) electrons. The fourth-order valence-electron chi connectivity index (χ4n) is 4.96. The first-order valence-corrected chi connectivity index (χ1v) is 11.1. The Kier molecular flexibility index (Phi) is 7.88. The fraction of sp³-hybridized carbons (Fsp3) is 0.542. The minimum atomic E-state index is -1.03. The van der Waals surface area contributed by atoms with Gasteiger partial charge in [0.05, 0.1) is 31.7 Å². The Labute approximate surface area is 192 Å². The standard InChI is InChI=1S/C24H31NO8/c1-4-14-10-17-21(23(30)25(22(17)29)24(31)32-3)18(12-27)20(14)19(28)8-5-13(2)9-15-6-7-16(11-26)33-15/h6-7,9,17-19,21,26-28H,4-5,8,10-12H2,1-3H3/b13-9+/t17-,18+,19-,21-/m1/s1. The number of rotatable bonds is 8. The molecule has 1 aromatic rings. The Morgan fingerprint density at radius 2 is 2.03 bits per heavy atom. The van der Waals surface area contributed by atoms with Crippen LogP contribution in [0.15, 0.2) is 33.3 Å². The number of furan rings is 1. The van der Waals surface area contributed by atoms with Crippen molar-refractivity contribution in [2.45, 2.75) is 52.2 Å². The van der Waals surface area contributed by atoms with Crippen molar-refractivity contribution >= 4 is 24.0 Å². The molecular weight excluding hydrogens is 430 g/mol. The van der Waals surface area contributed by atoms with E-state index in [1.165, 1.54) is 0 Å². The van der Waals surface area contributed by atoms with Crippen LogP contribution in [0.5, 0.6) is 0 Å². The maximum atomic E-state index is 12.9. The summed E-state index contributed by atoms with van der Waals surface area (Å²) in [4.78, 5) is 38.2. The van der Waals surface area contributed by atoms with E-state index >= 15 is 0 Å². The number of imide groups is 3. The van der Waals surface area contributed by atoms with Crippen molar-refractivity contribution in [2.24, 2.45) is 17.8 Å². The molecule has 0 saturated carbocycles. The van der Waals surface area contributed by atoms with E-state index in [9.17, 15) is 24.6 Å². The van der Waals surface area contributed by atoms with Crippen molar-refractivity contribution in [1.82, 2.24) is 4.90 Å². The van der Waals surface area contributed by atoms with Crippen LogP contribution in [0.3, 0.4) is 0 Å². The van der Waals surface area contributed by atoms with Crippen molar-refractivity contribution in [3.63, 3.8) is 0 Å². The summed E-state index contributed by atoms with van der Waals surface area (Å²) in [6.45, 7) is 3.20. The normalized spacial score (nSPS) is 24.4. The Hall–Kier alpha value is -2.75. The number of aliphatic hydroxyl groups is 3. The van der Waals surface area contributed by atoms with Crippen molar-refractivity contribution < 1.29 is 38.9 Å². The van der Waals surface area contributed by atoms with Crippen LogP contribution in [0.1, 0.15) is 51.1 Å². The van der Waals surface area contributed by atoms with Gasteiger partial charge in [0.1, 0.15) is 18.1 Å². The van der Waals surface area contributed by atoms with Crippen LogP contribution in [-0.4, -0.2) is 57.9 Å². The summed E-state index contributed by atoms with van der Waals surface area (Å²) in [5.74, 6) is -2.64. The lowest BCUT2D eigenvalue weighted by atomic mass is 9.67. The maximum absolute atomic E-state index is 12.9. The number of likely N-dealkylation sites (tertiary alicyclic amines) is 1. The third kappa shape index (κ3) is 4.80. The summed E-state index contributed by atoms with van der Waals surface area (Å²) >= 11 is 0. The molecule has 33 heavy (non-hydrogen) atoms. The van der Waals surface area contributed by atoms with E-state index in [0.717, 1.165) is 18.3 Å². The van der Waals surface area contributed by atoms with Crippen LogP contribution in [0.4, 0.5) is 4.79 Å². The fourth-order valence-corrected chi connectivity index (χ4v) is 4.96. The largest absolute Gasteiger partial charge is 0.459 e. The highest BCUT2D eigenvalue weighted by atomic mass is 16.5. The molecule has 1 saturated heterocycles. The number of aliphatic hydroxyl groups excluding tert-OH is 3. The molecule has 1 fully saturated rings. The van der Waals surface area contributed by atoms with E-state index in [0.29, 0.717) is 41.3 Å². The molecule has 0 bridgehead atoms. The topological polar surface area (TPSA) is 138 Å². The van der Waals surface area contributed by atoms with E-state index in [2.05, 4.69) is 4.74 Å². The van der Waals surface area contributed by atoms with Gasteiger partial charge in [-0.25, -0.2) is 4.79 Å². The minimum absolute atomic E-state index is 0.182. The third-order valence-corrected chi connectivity index (χ3v) is 6.56. The van der Waals surface area contributed by atoms with Crippen molar-refractivity contribution in [3.05, 3.63) is 40.4 Å². The van der Waals surface area contributed by atoms with Crippen LogP contribution in [0, 0.1) is 17.8 Å². The molecule has 3 rings (SSSR count). The van der Waals surface area contributed by atoms with E-state index in [1.807, 2.05) is 19.9 Å². The van der Waals surface area contributed by atoms with Gasteiger partial charge in [-0.2, -0.15) is 4.90 Å². The summed E-state index contributed by atoms with van der Waals surface area (Å²) < 4.78 is 10.1. The van der Waals surface area contributed by atoms with Crippen molar-refractivity contribution in [3.8, 4) is 0 Å². The Bertz CT molecular complexity index is 975. The van der Waals surface area contributed by atoms with Crippen LogP contribution in [0.2, 0.25) is 0 Å². The second kappa shape index (κ2) is 10.5. The number of allylic oxidation sites excluding steroid dienone is 2. The molecule has 0 unspecified atom stereocenters. The van der Waals surface area contributed by atoms with Crippen LogP contribution < -0.4 is 0 Å². The zero-order valence-electron chi connectivity index (χ0n) is 19.1. The molecule has 9 nitrogen and oxygen atoms in total. The molecule has 2 heterocycles. The molecule has 0 spiro atoms. The van der Waals surface area contributed by atoms with E-state index < -0.39 is 48.4 Å². The molecule has 1 aliphatic heterocycles. The van der Waals surface area contributed by atoms with Gasteiger partial charge in [0.2, 0.25) is 11.8 Å². The van der Waals surface area contributed by atoms with Gasteiger partial charge < -0.3 is 24.5 Å². The number of nitrogens with zero attached hydrogens (tertiary/aromatic N) is 1. The Balaban J connectivity index is 1.80. The van der Waals surface area contributed by atoms with Gasteiger partial charge >= 0.3 is 6.09 Å². The van der Waals surface area contributed by atoms with Gasteiger partial charge in [0, 0.05) is 5.92 Å². The molecule has 1 aromatic heterocycles. The highest BCUT2D eigenvalue weighted by Crippen LogP contribution is 2.47. The van der Waals surface area contributed by atoms with E-state index in [1.54, 1.807) is 12.1 Å². The number of hydrogen-bond donors (Lipinski definition) is 3. The highest BCUT2D eigenvalue weighted by molar-refractivity contribution is 6.15. The Morgan fingerprint density at radius 1 is 1.30 bits per heavy atom. The molecule has 4 atom stereocenters. The number of amides is 3. The first kappa shape index (κ1) is 24.9. The predicted molar refractivity (Wildman–Crippen MR) is 117 cm³/mol. The minimum Gasteiger partial charge on any atom is -0.459 e. The third-order valence-electron chi connectivity index (χ3n) is 6.56. The van der Waals surface area contributed by atoms with Crippen molar-refractivity contribution in [1.29, 1.82) is 0 Å². The zero-order chi connectivity index (χ0) is 24.3. The number of ether oxygens (including phenoxy) is 1. The quantitative estimate of drug-likeness (QED) is 0.396. The number of hydrogen-bond acceptors (Lipinski definition) is 8. The number of fused-ring (bicyclic) bond motifs is 1. The van der Waals surface area contributed by atoms with Gasteiger partial charge in [0.15, 0.2) is 0 Å². The smallest absolute Gasteiger partial charge is 0.423 e. The summed E-state index contributed by atoms with van der Waals surface area (Å²) in [6.07, 6.45) is 1.58. The van der Waals surface area contributed by atoms with Gasteiger partial charge in [0.25, 0.3) is 0 Å². The van der Waals surface area contributed by atoms with Crippen LogP contribution >= 0.6 is 0 Å². The first-order valence-electron chi connectivity index (χ1n) is 11.1. The number of carbonyl (C=O) groups is 3. The second-order valence-corrected chi connectivity index (χ2v) is 8.53. The molecule has 180 valence electrons. The van der Waals surface area contributed by atoms with Crippen LogP contribution in [0.25, 0.3) is 6.08 Å². The monoisotopic (exact) mass is 461 g/mol. The molecule has 3 amide bonds. The molecule has 2 aliphatic rings. The average Bonchev–Trinajstić information content (AvgIpc) is 3.37. The van der Waals surface area contributed by atoms with Crippen LogP contribution in [-0.2, 0) is 20.9 Å². The second-order valence-electron chi connectivity index (χ2n) is 8.53. The van der Waals surface area contributed by atoms with E-state index in [4.69, 9.17) is 9.52 Å². The molecule has 9 heteroatoms. The lowest BCUT2D eigenvalue weighted by molar-refractivity contribution is -0.137. The lowest BCUT2D eigenvalue weighted by Crippen LogP contribution is -2.40. The molecule has 1 aliphatic carbocycles. The summed E-state index contributed by atoms with van der Waals surface area (Å²) in [7, 11) is 1.10. The molecule has 0 aromatic carbocycles. The summed E-state index contributed by atoms with van der Waals surface area (Å²) in [5.41, 5.74) is 2.36. The van der Waals surface area contributed by atoms with Gasteiger partial charge in [-0.3, -0.25) is 9.59 Å². The summed E-state index contributed by atoms with van der Waals surface area (Å²) in [6, 6.07) is 3.44. The first-order chi connectivity index (χ1) is 15.8. The maximum Gasteiger partial charge on any atom is 0.423 e. The predicted octanol–water partition coefficient (Wildman–Crippen LogP) is 2.40. The van der Waals surface area contributed by atoms with Gasteiger partial charge in [-0.15, -0.1) is 0 Å². The molecular formula is C24H31NO8. The zero-order valence-corrected chi connectivity index (χ0v) is 19.1. The van der Waals surface area contributed by atoms with Crippen molar-refractivity contribution in [2.75, 3.05) is 13.7 Å².